The molecule has 2 aromatic rings. The molecular formula is C18H21N3O5S. The third-order valence-electron chi connectivity index (χ3n) is 4.09. The highest BCUT2D eigenvalue weighted by atomic mass is 32.2. The second kappa shape index (κ2) is 7.85. The quantitative estimate of drug-likeness (QED) is 0.716. The number of amides is 2. The molecule has 1 atom stereocenters. The fraction of sp³-hybridized carbons (Fsp3) is 0.278. The maximum absolute atomic E-state index is 12.1. The van der Waals surface area contributed by atoms with E-state index in [0.717, 1.165) is 5.56 Å². The molecule has 1 aliphatic heterocycles. The first kappa shape index (κ1) is 19.0. The summed E-state index contributed by atoms with van der Waals surface area (Å²) in [6, 6.07) is 10.9. The first-order valence-electron chi connectivity index (χ1n) is 8.38. The molecule has 9 heteroatoms. The van der Waals surface area contributed by atoms with Gasteiger partial charge in [0.2, 0.25) is 10.0 Å². The van der Waals surface area contributed by atoms with E-state index in [1.54, 1.807) is 19.1 Å². The van der Waals surface area contributed by atoms with Gasteiger partial charge in [-0.2, -0.15) is 0 Å². The van der Waals surface area contributed by atoms with Crippen molar-refractivity contribution in [3.63, 3.8) is 0 Å². The Hall–Kier alpha value is -2.78. The van der Waals surface area contributed by atoms with Gasteiger partial charge in [0.1, 0.15) is 13.2 Å². The number of hydrogen-bond donors (Lipinski definition) is 3. The number of benzene rings is 2. The molecule has 0 bridgehead atoms. The van der Waals surface area contributed by atoms with Gasteiger partial charge < -0.3 is 20.1 Å². The molecule has 8 nitrogen and oxygen atoms in total. The highest BCUT2D eigenvalue weighted by molar-refractivity contribution is 7.89. The van der Waals surface area contributed by atoms with Gasteiger partial charge in [-0.25, -0.2) is 18.4 Å². The van der Waals surface area contributed by atoms with Crippen LogP contribution in [0.2, 0.25) is 0 Å². The van der Waals surface area contributed by atoms with Crippen molar-refractivity contribution in [2.24, 2.45) is 5.14 Å². The standard InChI is InChI=1S/C18H21N3O5S/c1-12(14-3-2-4-15(10-14)27(19,23)24)21-18(22)20-11-13-5-6-16-17(9-13)26-8-7-25-16/h2-6,9-10,12H,7-8,11H2,1H3,(H2,19,23,24)(H2,20,21,22)/t12-/m1/s1. The summed E-state index contributed by atoms with van der Waals surface area (Å²) in [6.45, 7) is 3.09. The molecule has 0 aromatic heterocycles. The third kappa shape index (κ3) is 4.89. The van der Waals surface area contributed by atoms with Crippen molar-refractivity contribution in [3.05, 3.63) is 53.6 Å². The Morgan fingerprint density at radius 3 is 2.63 bits per heavy atom. The number of hydrogen-bond acceptors (Lipinski definition) is 5. The fourth-order valence-corrected chi connectivity index (χ4v) is 3.24. The van der Waals surface area contributed by atoms with Gasteiger partial charge in [-0.3, -0.25) is 0 Å². The highest BCUT2D eigenvalue weighted by Crippen LogP contribution is 2.30. The Balaban J connectivity index is 1.58. The van der Waals surface area contributed by atoms with Gasteiger partial charge in [0.15, 0.2) is 11.5 Å². The zero-order valence-electron chi connectivity index (χ0n) is 14.8. The van der Waals surface area contributed by atoms with Crippen LogP contribution in [0.4, 0.5) is 4.79 Å². The smallest absolute Gasteiger partial charge is 0.315 e. The molecule has 0 spiro atoms. The molecule has 0 fully saturated rings. The van der Waals surface area contributed by atoms with Crippen LogP contribution in [-0.4, -0.2) is 27.7 Å². The van der Waals surface area contributed by atoms with E-state index >= 15 is 0 Å². The summed E-state index contributed by atoms with van der Waals surface area (Å²) in [5, 5.41) is 10.7. The van der Waals surface area contributed by atoms with Gasteiger partial charge in [0.05, 0.1) is 10.9 Å². The van der Waals surface area contributed by atoms with Crippen LogP contribution in [0.1, 0.15) is 24.1 Å². The number of carbonyl (C=O) groups excluding carboxylic acids is 1. The number of sulfonamides is 1. The number of nitrogens with two attached hydrogens (primary N) is 1. The zero-order valence-corrected chi connectivity index (χ0v) is 15.6. The molecule has 0 radical (unpaired) electrons. The molecule has 3 rings (SSSR count). The summed E-state index contributed by atoms with van der Waals surface area (Å²) < 4.78 is 33.9. The topological polar surface area (TPSA) is 120 Å². The lowest BCUT2D eigenvalue weighted by Gasteiger charge is -2.19. The second-order valence-electron chi connectivity index (χ2n) is 6.14. The van der Waals surface area contributed by atoms with Crippen LogP contribution in [0.25, 0.3) is 0 Å². The minimum atomic E-state index is -3.79. The lowest BCUT2D eigenvalue weighted by atomic mass is 10.1. The third-order valence-corrected chi connectivity index (χ3v) is 5.00. The Labute approximate surface area is 157 Å². The number of rotatable bonds is 5. The van der Waals surface area contributed by atoms with E-state index < -0.39 is 16.1 Å². The van der Waals surface area contributed by atoms with Gasteiger partial charge in [-0.15, -0.1) is 0 Å². The van der Waals surface area contributed by atoms with E-state index in [4.69, 9.17) is 14.6 Å². The van der Waals surface area contributed by atoms with Gasteiger partial charge in [-0.1, -0.05) is 18.2 Å². The van der Waals surface area contributed by atoms with E-state index in [9.17, 15) is 13.2 Å². The Bertz CT molecular complexity index is 946. The van der Waals surface area contributed by atoms with Crippen LogP contribution in [0.3, 0.4) is 0 Å². The summed E-state index contributed by atoms with van der Waals surface area (Å²) in [6.07, 6.45) is 0. The summed E-state index contributed by atoms with van der Waals surface area (Å²) >= 11 is 0. The van der Waals surface area contributed by atoms with E-state index in [1.165, 1.54) is 12.1 Å². The molecule has 1 aliphatic rings. The molecule has 4 N–H and O–H groups in total. The lowest BCUT2D eigenvalue weighted by molar-refractivity contribution is 0.171. The fourth-order valence-electron chi connectivity index (χ4n) is 2.67. The normalized spacial score (nSPS) is 14.3. The summed E-state index contributed by atoms with van der Waals surface area (Å²) in [5.41, 5.74) is 1.51. The summed E-state index contributed by atoms with van der Waals surface area (Å²) in [4.78, 5) is 12.2. The largest absolute Gasteiger partial charge is 0.486 e. The Morgan fingerprint density at radius 2 is 1.89 bits per heavy atom. The molecule has 0 saturated heterocycles. The predicted octanol–water partition coefficient (Wildman–Crippen LogP) is 1.67. The van der Waals surface area contributed by atoms with Crippen molar-refractivity contribution < 1.29 is 22.7 Å². The van der Waals surface area contributed by atoms with Crippen LogP contribution in [-0.2, 0) is 16.6 Å². The van der Waals surface area contributed by atoms with Crippen LogP contribution < -0.4 is 25.2 Å². The van der Waals surface area contributed by atoms with Crippen molar-refractivity contribution in [2.45, 2.75) is 24.4 Å². The zero-order chi connectivity index (χ0) is 19.4. The Morgan fingerprint density at radius 1 is 1.15 bits per heavy atom. The maximum Gasteiger partial charge on any atom is 0.315 e. The number of nitrogens with one attached hydrogen (secondary N) is 2. The van der Waals surface area contributed by atoms with E-state index in [0.29, 0.717) is 36.8 Å². The maximum atomic E-state index is 12.1. The van der Waals surface area contributed by atoms with Crippen molar-refractivity contribution in [1.82, 2.24) is 10.6 Å². The molecule has 1 heterocycles. The molecule has 2 amide bonds. The van der Waals surface area contributed by atoms with Gasteiger partial charge >= 0.3 is 6.03 Å². The molecule has 0 unspecified atom stereocenters. The Kier molecular flexibility index (Phi) is 5.52. The second-order valence-corrected chi connectivity index (χ2v) is 7.71. The number of primary sulfonamides is 1. The number of fused-ring (bicyclic) bond motifs is 1. The van der Waals surface area contributed by atoms with Crippen LogP contribution in [0, 0.1) is 0 Å². The average Bonchev–Trinajstić information content (AvgIpc) is 2.65. The van der Waals surface area contributed by atoms with Crippen LogP contribution in [0.5, 0.6) is 11.5 Å². The predicted molar refractivity (Wildman–Crippen MR) is 99.0 cm³/mol. The van der Waals surface area contributed by atoms with Gasteiger partial charge in [0, 0.05) is 6.54 Å². The first-order chi connectivity index (χ1) is 12.8. The summed E-state index contributed by atoms with van der Waals surface area (Å²) in [7, 11) is -3.79. The number of urea groups is 1. The monoisotopic (exact) mass is 391 g/mol. The van der Waals surface area contributed by atoms with Crippen molar-refractivity contribution in [1.29, 1.82) is 0 Å². The lowest BCUT2D eigenvalue weighted by Crippen LogP contribution is -2.36. The summed E-state index contributed by atoms with van der Waals surface area (Å²) in [5.74, 6) is 1.35. The van der Waals surface area contributed by atoms with Crippen LogP contribution >= 0.6 is 0 Å². The molecule has 144 valence electrons. The number of ether oxygens (including phenoxy) is 2. The first-order valence-corrected chi connectivity index (χ1v) is 9.93. The molecule has 0 saturated carbocycles. The van der Waals surface area contributed by atoms with Crippen molar-refractivity contribution >= 4 is 16.1 Å². The van der Waals surface area contributed by atoms with E-state index in [1.807, 2.05) is 18.2 Å². The molecule has 0 aliphatic carbocycles. The van der Waals surface area contributed by atoms with Gasteiger partial charge in [0.25, 0.3) is 0 Å². The average molecular weight is 391 g/mol. The highest BCUT2D eigenvalue weighted by Gasteiger charge is 2.14. The van der Waals surface area contributed by atoms with E-state index in [-0.39, 0.29) is 10.9 Å². The molecule has 2 aromatic carbocycles. The molecule has 27 heavy (non-hydrogen) atoms. The minimum absolute atomic E-state index is 0.00494. The van der Waals surface area contributed by atoms with Crippen LogP contribution in [0.15, 0.2) is 47.4 Å². The number of carbonyl (C=O) groups is 1. The van der Waals surface area contributed by atoms with Crippen molar-refractivity contribution in [2.75, 3.05) is 13.2 Å². The van der Waals surface area contributed by atoms with Gasteiger partial charge in [-0.05, 0) is 42.3 Å². The SMILES string of the molecule is C[C@@H](NC(=O)NCc1ccc2c(c1)OCCO2)c1cccc(S(N)(=O)=O)c1. The molecular weight excluding hydrogens is 370 g/mol. The minimum Gasteiger partial charge on any atom is -0.486 e. The van der Waals surface area contributed by atoms with Crippen molar-refractivity contribution in [3.8, 4) is 11.5 Å². The van der Waals surface area contributed by atoms with E-state index in [2.05, 4.69) is 10.6 Å².